The maximum atomic E-state index is 11.7. The molecule has 0 aliphatic rings. The van der Waals surface area contributed by atoms with E-state index in [4.69, 9.17) is 4.74 Å². The van der Waals surface area contributed by atoms with Crippen LogP contribution in [0.4, 0.5) is 5.82 Å². The molecule has 0 amide bonds. The Hall–Kier alpha value is -2.34. The number of fused-ring (bicyclic) bond motifs is 1. The van der Waals surface area contributed by atoms with Gasteiger partial charge in [-0.05, 0) is 18.2 Å². The monoisotopic (exact) mass is 301 g/mol. The van der Waals surface area contributed by atoms with Gasteiger partial charge in [-0.2, -0.15) is 0 Å². The number of benzene rings is 1. The third kappa shape index (κ3) is 2.62. The van der Waals surface area contributed by atoms with Gasteiger partial charge in [0.1, 0.15) is 11.6 Å². The van der Waals surface area contributed by atoms with Crippen molar-refractivity contribution in [1.82, 2.24) is 9.55 Å². The molecule has 0 atom stereocenters. The minimum absolute atomic E-state index is 0.0341. The summed E-state index contributed by atoms with van der Waals surface area (Å²) < 4.78 is 6.90. The molecule has 2 heterocycles. The lowest BCUT2D eigenvalue weighted by Gasteiger charge is -2.11. The van der Waals surface area contributed by atoms with Crippen molar-refractivity contribution in [3.05, 3.63) is 51.1 Å². The summed E-state index contributed by atoms with van der Waals surface area (Å²) in [4.78, 5) is 16.3. The molecule has 0 bridgehead atoms. The molecule has 1 N–H and O–H groups in total. The van der Waals surface area contributed by atoms with Gasteiger partial charge in [0.2, 0.25) is 0 Å². The van der Waals surface area contributed by atoms with Crippen molar-refractivity contribution in [2.75, 3.05) is 19.5 Å². The summed E-state index contributed by atoms with van der Waals surface area (Å²) in [5.41, 5.74) is 1.84. The van der Waals surface area contributed by atoms with E-state index in [9.17, 15) is 4.79 Å². The molecule has 21 heavy (non-hydrogen) atoms. The molecule has 0 radical (unpaired) electrons. The van der Waals surface area contributed by atoms with Crippen LogP contribution in [0, 0.1) is 0 Å². The number of methoxy groups -OCH3 is 1. The molecular weight excluding hydrogens is 286 g/mol. The zero-order valence-corrected chi connectivity index (χ0v) is 12.6. The van der Waals surface area contributed by atoms with Gasteiger partial charge < -0.3 is 14.6 Å². The van der Waals surface area contributed by atoms with Gasteiger partial charge in [0, 0.05) is 35.6 Å². The Labute approximate surface area is 125 Å². The zero-order chi connectivity index (χ0) is 14.8. The Balaban J connectivity index is 2.09. The van der Waals surface area contributed by atoms with Gasteiger partial charge in [0.05, 0.1) is 19.2 Å². The quantitative estimate of drug-likeness (QED) is 0.804. The average molecular weight is 301 g/mol. The van der Waals surface area contributed by atoms with Gasteiger partial charge in [-0.1, -0.05) is 11.3 Å². The molecule has 0 saturated heterocycles. The van der Waals surface area contributed by atoms with Crippen LogP contribution in [0.2, 0.25) is 0 Å². The van der Waals surface area contributed by atoms with E-state index in [0.29, 0.717) is 6.54 Å². The first-order chi connectivity index (χ1) is 10.2. The highest BCUT2D eigenvalue weighted by Crippen LogP contribution is 2.24. The molecule has 0 aliphatic heterocycles. The van der Waals surface area contributed by atoms with Crippen LogP contribution in [-0.2, 0) is 6.54 Å². The van der Waals surface area contributed by atoms with Crippen molar-refractivity contribution in [3.63, 3.8) is 0 Å². The second kappa shape index (κ2) is 5.57. The smallest absolute Gasteiger partial charge is 0.307 e. The molecule has 3 aromatic rings. The van der Waals surface area contributed by atoms with Crippen molar-refractivity contribution in [3.8, 4) is 5.75 Å². The van der Waals surface area contributed by atoms with Gasteiger partial charge >= 0.3 is 4.87 Å². The second-order valence-electron chi connectivity index (χ2n) is 4.60. The first-order valence-electron chi connectivity index (χ1n) is 6.50. The van der Waals surface area contributed by atoms with Gasteiger partial charge in [-0.15, -0.1) is 0 Å². The van der Waals surface area contributed by atoms with Gasteiger partial charge in [-0.3, -0.25) is 4.79 Å². The van der Waals surface area contributed by atoms with Crippen LogP contribution in [0.5, 0.6) is 5.75 Å². The normalized spacial score (nSPS) is 10.8. The first kappa shape index (κ1) is 13.6. The van der Waals surface area contributed by atoms with Crippen molar-refractivity contribution in [2.45, 2.75) is 6.54 Å². The number of thiazole rings is 1. The molecule has 0 aliphatic carbocycles. The summed E-state index contributed by atoms with van der Waals surface area (Å²) in [5, 5.41) is 5.91. The Morgan fingerprint density at radius 1 is 1.38 bits per heavy atom. The number of ether oxygens (including phenoxy) is 1. The van der Waals surface area contributed by atoms with Crippen molar-refractivity contribution >= 4 is 28.1 Å². The fourth-order valence-electron chi connectivity index (χ4n) is 2.25. The van der Waals surface area contributed by atoms with E-state index < -0.39 is 0 Å². The van der Waals surface area contributed by atoms with Crippen molar-refractivity contribution in [2.24, 2.45) is 0 Å². The Morgan fingerprint density at radius 3 is 2.90 bits per heavy atom. The summed E-state index contributed by atoms with van der Waals surface area (Å²) in [7, 11) is 3.46. The van der Waals surface area contributed by atoms with Crippen LogP contribution in [0.25, 0.3) is 10.9 Å². The fraction of sp³-hybridized carbons (Fsp3) is 0.200. The van der Waals surface area contributed by atoms with E-state index in [0.717, 1.165) is 28.0 Å². The topological polar surface area (TPSA) is 56.2 Å². The molecule has 2 aromatic heterocycles. The van der Waals surface area contributed by atoms with E-state index in [1.54, 1.807) is 23.3 Å². The SMILES string of the molecule is CNc1nc2cc(OC)ccc2cc1Cn1ccsc1=O. The predicted molar refractivity (Wildman–Crippen MR) is 85.5 cm³/mol. The molecule has 0 saturated carbocycles. The van der Waals surface area contributed by atoms with E-state index in [1.807, 2.05) is 25.2 Å². The third-order valence-corrected chi connectivity index (χ3v) is 4.02. The third-order valence-electron chi connectivity index (χ3n) is 3.33. The minimum Gasteiger partial charge on any atom is -0.497 e. The Kier molecular flexibility index (Phi) is 3.62. The summed E-state index contributed by atoms with van der Waals surface area (Å²) >= 11 is 1.20. The molecular formula is C15H15N3O2S. The summed E-state index contributed by atoms with van der Waals surface area (Å²) in [6.07, 6.45) is 1.80. The standard InChI is InChI=1S/C15H15N3O2S/c1-16-14-11(9-18-5-6-21-15(18)19)7-10-3-4-12(20-2)8-13(10)17-14/h3-8H,9H2,1-2H3,(H,16,17). The number of nitrogens with one attached hydrogen (secondary N) is 1. The highest BCUT2D eigenvalue weighted by Gasteiger charge is 2.08. The van der Waals surface area contributed by atoms with E-state index in [2.05, 4.69) is 16.4 Å². The fourth-order valence-corrected chi connectivity index (χ4v) is 2.83. The second-order valence-corrected chi connectivity index (χ2v) is 5.46. The van der Waals surface area contributed by atoms with E-state index >= 15 is 0 Å². The van der Waals surface area contributed by atoms with Crippen LogP contribution in [0.15, 0.2) is 40.6 Å². The molecule has 1 aromatic carbocycles. The maximum absolute atomic E-state index is 11.7. The molecule has 0 spiro atoms. The van der Waals surface area contributed by atoms with Crippen molar-refractivity contribution < 1.29 is 4.74 Å². The highest BCUT2D eigenvalue weighted by atomic mass is 32.1. The predicted octanol–water partition coefficient (Wildman–Crippen LogP) is 2.56. The molecule has 0 unspecified atom stereocenters. The van der Waals surface area contributed by atoms with Crippen molar-refractivity contribution in [1.29, 1.82) is 0 Å². The average Bonchev–Trinajstić information content (AvgIpc) is 2.91. The highest BCUT2D eigenvalue weighted by molar-refractivity contribution is 7.07. The number of hydrogen-bond donors (Lipinski definition) is 1. The van der Waals surface area contributed by atoms with E-state index in [-0.39, 0.29) is 4.87 Å². The summed E-state index contributed by atoms with van der Waals surface area (Å²) in [5.74, 6) is 1.55. The number of hydrogen-bond acceptors (Lipinski definition) is 5. The van der Waals surface area contributed by atoms with Gasteiger partial charge in [0.25, 0.3) is 0 Å². The van der Waals surface area contributed by atoms with Gasteiger partial charge in [0.15, 0.2) is 0 Å². The summed E-state index contributed by atoms with van der Waals surface area (Å²) in [6.45, 7) is 0.507. The van der Waals surface area contributed by atoms with Crippen LogP contribution in [0.3, 0.4) is 0 Å². The number of nitrogens with zero attached hydrogens (tertiary/aromatic N) is 2. The molecule has 6 heteroatoms. The van der Waals surface area contributed by atoms with Crippen LogP contribution in [0.1, 0.15) is 5.56 Å². The van der Waals surface area contributed by atoms with Crippen LogP contribution >= 0.6 is 11.3 Å². The molecule has 3 rings (SSSR count). The lowest BCUT2D eigenvalue weighted by Crippen LogP contribution is -2.14. The van der Waals surface area contributed by atoms with Crippen LogP contribution in [-0.4, -0.2) is 23.7 Å². The molecule has 108 valence electrons. The van der Waals surface area contributed by atoms with Gasteiger partial charge in [-0.25, -0.2) is 4.98 Å². The Morgan fingerprint density at radius 2 is 2.24 bits per heavy atom. The van der Waals surface area contributed by atoms with E-state index in [1.165, 1.54) is 11.3 Å². The number of anilines is 1. The zero-order valence-electron chi connectivity index (χ0n) is 11.8. The number of rotatable bonds is 4. The first-order valence-corrected chi connectivity index (χ1v) is 7.38. The number of aromatic nitrogens is 2. The largest absolute Gasteiger partial charge is 0.497 e. The minimum atomic E-state index is 0.0341. The van der Waals surface area contributed by atoms with Crippen LogP contribution < -0.4 is 14.9 Å². The summed E-state index contributed by atoms with van der Waals surface area (Å²) in [6, 6.07) is 7.83. The lowest BCUT2D eigenvalue weighted by atomic mass is 10.1. The molecule has 5 nitrogen and oxygen atoms in total. The number of pyridine rings is 1. The molecule has 0 fully saturated rings. The Bertz CT molecular complexity index is 838. The maximum Gasteiger partial charge on any atom is 0.307 e. The lowest BCUT2D eigenvalue weighted by molar-refractivity contribution is 0.415.